The normalized spacial score (nSPS) is 12.7. The van der Waals surface area contributed by atoms with Crippen LogP contribution in [0.15, 0.2) is 0 Å². The van der Waals surface area contributed by atoms with Crippen molar-refractivity contribution in [2.24, 2.45) is 0 Å². The van der Waals surface area contributed by atoms with Crippen molar-refractivity contribution in [1.82, 2.24) is 0 Å². The monoisotopic (exact) mass is 321 g/mol. The Balaban J connectivity index is 3.32. The standard InChI is InChI=1S/C12H25O.O.Sn/c1-3-5-6-7-8-9-11-12(13)10-4-2;;/h12H,3-11H2,1-2H3;;/q-1;;+1. The van der Waals surface area contributed by atoms with Gasteiger partial charge in [-0.1, -0.05) is 0 Å². The molecule has 0 amide bonds. The molecule has 0 aromatic rings. The van der Waals surface area contributed by atoms with Gasteiger partial charge in [0.1, 0.15) is 0 Å². The summed E-state index contributed by atoms with van der Waals surface area (Å²) in [5.41, 5.74) is 0. The van der Waals surface area contributed by atoms with Crippen molar-refractivity contribution < 1.29 is 6.15 Å². The molecule has 1 unspecified atom stereocenters. The Labute approximate surface area is 105 Å². The number of rotatable bonds is 11. The molecule has 0 aromatic heterocycles. The van der Waals surface area contributed by atoms with Crippen LogP contribution >= 0.6 is 0 Å². The first-order valence-electron chi connectivity index (χ1n) is 6.37. The van der Waals surface area contributed by atoms with Crippen LogP contribution in [0.5, 0.6) is 0 Å². The third kappa shape index (κ3) is 10.8. The summed E-state index contributed by atoms with van der Waals surface area (Å²) in [5.74, 6) is 0. The van der Waals surface area contributed by atoms with Crippen molar-refractivity contribution in [3.63, 3.8) is 0 Å². The van der Waals surface area contributed by atoms with Crippen molar-refractivity contribution in [1.29, 1.82) is 0 Å². The average Bonchev–Trinajstić information content (AvgIpc) is 2.24. The molecule has 0 aliphatic heterocycles. The van der Waals surface area contributed by atoms with E-state index in [9.17, 15) is 3.08 Å². The second-order valence-corrected chi connectivity index (χ2v) is 5.32. The van der Waals surface area contributed by atoms with Crippen molar-refractivity contribution in [3.05, 3.63) is 0 Å². The third-order valence-corrected chi connectivity index (χ3v) is 3.93. The van der Waals surface area contributed by atoms with Gasteiger partial charge in [0.25, 0.3) is 0 Å². The van der Waals surface area contributed by atoms with Crippen LogP contribution in [-0.2, 0) is 6.15 Å². The van der Waals surface area contributed by atoms with Crippen LogP contribution in [0.1, 0.15) is 71.6 Å². The Morgan fingerprint density at radius 1 is 0.933 bits per heavy atom. The van der Waals surface area contributed by atoms with E-state index in [1.807, 2.05) is 0 Å². The molecule has 0 fully saturated rings. The fourth-order valence-corrected chi connectivity index (χ4v) is 2.87. The van der Waals surface area contributed by atoms with E-state index in [0.717, 1.165) is 19.3 Å². The maximum absolute atomic E-state index is 10.5. The summed E-state index contributed by atoms with van der Waals surface area (Å²) in [6.45, 7) is 4.40. The molecule has 0 N–H and O–H groups in total. The van der Waals surface area contributed by atoms with Gasteiger partial charge in [0, 0.05) is 0 Å². The van der Waals surface area contributed by atoms with E-state index in [-0.39, 0.29) is 0 Å². The van der Waals surface area contributed by atoms with Gasteiger partial charge in [-0.25, -0.2) is 0 Å². The van der Waals surface area contributed by atoms with Gasteiger partial charge in [-0.3, -0.25) is 0 Å². The number of hydrogen-bond acceptors (Lipinski definition) is 2. The zero-order chi connectivity index (χ0) is 11.4. The Hall–Kier alpha value is 0.559. The molecule has 15 heavy (non-hydrogen) atoms. The van der Waals surface area contributed by atoms with Gasteiger partial charge in [0.05, 0.1) is 0 Å². The predicted octanol–water partition coefficient (Wildman–Crippen LogP) is 3.89. The summed E-state index contributed by atoms with van der Waals surface area (Å²) >= 11 is -1.69. The molecule has 0 saturated heterocycles. The fourth-order valence-electron chi connectivity index (χ4n) is 1.80. The first kappa shape index (κ1) is 15.6. The van der Waals surface area contributed by atoms with E-state index >= 15 is 0 Å². The van der Waals surface area contributed by atoms with Crippen LogP contribution in [0.4, 0.5) is 0 Å². The molecule has 0 aromatic carbocycles. The molecular formula is C12H25O2Sn. The Kier molecular flexibility index (Phi) is 13.1. The fraction of sp³-hybridized carbons (Fsp3) is 1.00. The van der Waals surface area contributed by atoms with E-state index in [4.69, 9.17) is 3.07 Å². The molecule has 1 radical (unpaired) electrons. The maximum atomic E-state index is 10.5. The summed E-state index contributed by atoms with van der Waals surface area (Å²) in [5, 5.41) is 0. The molecule has 89 valence electrons. The molecule has 0 bridgehead atoms. The van der Waals surface area contributed by atoms with Crippen molar-refractivity contribution in [3.8, 4) is 0 Å². The Morgan fingerprint density at radius 3 is 2.20 bits per heavy atom. The van der Waals surface area contributed by atoms with Crippen molar-refractivity contribution in [2.45, 2.75) is 77.7 Å². The quantitative estimate of drug-likeness (QED) is 0.426. The second-order valence-electron chi connectivity index (χ2n) is 4.17. The van der Waals surface area contributed by atoms with Gasteiger partial charge in [0.2, 0.25) is 0 Å². The SMILES string of the molecule is CCCCCCCCC(CCC)[O][Sn]=[O]. The summed E-state index contributed by atoms with van der Waals surface area (Å²) < 4.78 is 15.9. The topological polar surface area (TPSA) is 26.3 Å². The first-order valence-corrected chi connectivity index (χ1v) is 8.71. The molecular weight excluding hydrogens is 295 g/mol. The average molecular weight is 320 g/mol. The van der Waals surface area contributed by atoms with Crippen LogP contribution in [0.2, 0.25) is 0 Å². The van der Waals surface area contributed by atoms with E-state index in [0.29, 0.717) is 6.10 Å². The molecule has 0 spiro atoms. The second kappa shape index (κ2) is 12.6. The number of unbranched alkanes of at least 4 members (excludes halogenated alkanes) is 5. The van der Waals surface area contributed by atoms with Crippen LogP contribution in [0, 0.1) is 0 Å². The van der Waals surface area contributed by atoms with E-state index in [2.05, 4.69) is 13.8 Å². The molecule has 0 heterocycles. The first-order chi connectivity index (χ1) is 7.35. The van der Waals surface area contributed by atoms with Gasteiger partial charge in [-0.05, 0) is 0 Å². The molecule has 0 rings (SSSR count). The molecule has 2 nitrogen and oxygen atoms in total. The predicted molar refractivity (Wildman–Crippen MR) is 64.2 cm³/mol. The van der Waals surface area contributed by atoms with Gasteiger partial charge in [0.15, 0.2) is 0 Å². The van der Waals surface area contributed by atoms with Crippen LogP contribution < -0.4 is 0 Å². The zero-order valence-electron chi connectivity index (χ0n) is 10.3. The van der Waals surface area contributed by atoms with E-state index in [1.54, 1.807) is 0 Å². The van der Waals surface area contributed by atoms with Gasteiger partial charge >= 0.3 is 105 Å². The number of hydrogen-bond donors (Lipinski definition) is 0. The zero-order valence-corrected chi connectivity index (χ0v) is 13.1. The van der Waals surface area contributed by atoms with Gasteiger partial charge in [-0.2, -0.15) is 0 Å². The van der Waals surface area contributed by atoms with Crippen LogP contribution in [0.25, 0.3) is 0 Å². The van der Waals surface area contributed by atoms with Gasteiger partial charge < -0.3 is 0 Å². The minimum atomic E-state index is -1.69. The molecule has 0 saturated carbocycles. The van der Waals surface area contributed by atoms with E-state index in [1.165, 1.54) is 38.5 Å². The molecule has 0 aliphatic carbocycles. The van der Waals surface area contributed by atoms with Gasteiger partial charge in [-0.15, -0.1) is 0 Å². The minimum absolute atomic E-state index is 0.297. The van der Waals surface area contributed by atoms with Crippen molar-refractivity contribution >= 4 is 21.5 Å². The van der Waals surface area contributed by atoms with Crippen LogP contribution in [-0.4, -0.2) is 27.6 Å². The summed E-state index contributed by atoms with van der Waals surface area (Å²) in [7, 11) is 0. The summed E-state index contributed by atoms with van der Waals surface area (Å²) in [6.07, 6.45) is 11.6. The van der Waals surface area contributed by atoms with Crippen LogP contribution in [0.3, 0.4) is 0 Å². The third-order valence-electron chi connectivity index (χ3n) is 2.71. The Morgan fingerprint density at radius 2 is 1.60 bits per heavy atom. The molecule has 3 heteroatoms. The molecule has 1 atom stereocenters. The summed E-state index contributed by atoms with van der Waals surface area (Å²) in [4.78, 5) is 0. The van der Waals surface area contributed by atoms with E-state index < -0.39 is 21.5 Å². The van der Waals surface area contributed by atoms with Crippen molar-refractivity contribution in [2.75, 3.05) is 0 Å². The Bertz CT molecular complexity index is 140. The summed E-state index contributed by atoms with van der Waals surface area (Å²) in [6, 6.07) is 0. The molecule has 0 aliphatic rings.